The van der Waals surface area contributed by atoms with Crippen molar-refractivity contribution in [3.63, 3.8) is 0 Å². The summed E-state index contributed by atoms with van der Waals surface area (Å²) in [7, 11) is 0. The highest BCUT2D eigenvalue weighted by atomic mass is 16.3. The Morgan fingerprint density at radius 2 is 1.95 bits per heavy atom. The van der Waals surface area contributed by atoms with Crippen LogP contribution >= 0.6 is 0 Å². The molecule has 1 N–H and O–H groups in total. The SMILES string of the molecule is CCCNCc1cccc(CN(CC)Cc2ccco2)n1. The third-order valence-corrected chi connectivity index (χ3v) is 3.39. The average Bonchev–Trinajstić information content (AvgIpc) is 3.00. The maximum absolute atomic E-state index is 5.42. The lowest BCUT2D eigenvalue weighted by Crippen LogP contribution is -2.23. The molecule has 0 saturated carbocycles. The predicted octanol–water partition coefficient (Wildman–Crippen LogP) is 3.20. The Kier molecular flexibility index (Phi) is 6.44. The van der Waals surface area contributed by atoms with Gasteiger partial charge in [-0.25, -0.2) is 0 Å². The Labute approximate surface area is 127 Å². The van der Waals surface area contributed by atoms with Crippen LogP contribution in [0.3, 0.4) is 0 Å². The lowest BCUT2D eigenvalue weighted by molar-refractivity contribution is 0.245. The van der Waals surface area contributed by atoms with Gasteiger partial charge in [0.25, 0.3) is 0 Å². The molecule has 4 nitrogen and oxygen atoms in total. The molecule has 2 aromatic rings. The maximum Gasteiger partial charge on any atom is 0.117 e. The first-order chi connectivity index (χ1) is 10.3. The Hall–Kier alpha value is -1.65. The number of hydrogen-bond acceptors (Lipinski definition) is 4. The topological polar surface area (TPSA) is 41.3 Å². The van der Waals surface area contributed by atoms with E-state index in [1.165, 1.54) is 0 Å². The Balaban J connectivity index is 1.92. The zero-order valence-electron chi connectivity index (χ0n) is 13.0. The molecule has 0 aliphatic rings. The molecule has 0 bridgehead atoms. The minimum atomic E-state index is 0.823. The minimum Gasteiger partial charge on any atom is -0.468 e. The first-order valence-corrected chi connectivity index (χ1v) is 7.72. The fraction of sp³-hybridized carbons (Fsp3) is 0.471. The fourth-order valence-electron chi connectivity index (χ4n) is 2.24. The van der Waals surface area contributed by atoms with Crippen LogP contribution < -0.4 is 5.32 Å². The van der Waals surface area contributed by atoms with E-state index in [1.807, 2.05) is 12.1 Å². The Morgan fingerprint density at radius 3 is 2.67 bits per heavy atom. The molecule has 0 amide bonds. The van der Waals surface area contributed by atoms with Crippen molar-refractivity contribution in [1.29, 1.82) is 0 Å². The van der Waals surface area contributed by atoms with Crippen molar-refractivity contribution in [1.82, 2.24) is 15.2 Å². The van der Waals surface area contributed by atoms with Crippen molar-refractivity contribution in [3.8, 4) is 0 Å². The van der Waals surface area contributed by atoms with Gasteiger partial charge < -0.3 is 9.73 Å². The standard InChI is InChI=1S/C17H25N3O/c1-3-10-18-12-15-7-5-8-16(19-15)13-20(4-2)14-17-9-6-11-21-17/h5-9,11,18H,3-4,10,12-14H2,1-2H3. The molecular weight excluding hydrogens is 262 g/mol. The van der Waals surface area contributed by atoms with Crippen molar-refractivity contribution in [3.05, 3.63) is 53.7 Å². The second kappa shape index (κ2) is 8.60. The second-order valence-electron chi connectivity index (χ2n) is 5.18. The molecule has 2 heterocycles. The van der Waals surface area contributed by atoms with Crippen LogP contribution in [-0.2, 0) is 19.6 Å². The zero-order chi connectivity index (χ0) is 14.9. The van der Waals surface area contributed by atoms with Gasteiger partial charge in [0.15, 0.2) is 0 Å². The number of pyridine rings is 1. The molecule has 0 atom stereocenters. The van der Waals surface area contributed by atoms with Gasteiger partial charge in [0, 0.05) is 13.1 Å². The van der Waals surface area contributed by atoms with Crippen LogP contribution in [0.15, 0.2) is 41.0 Å². The molecule has 0 spiro atoms. The minimum absolute atomic E-state index is 0.823. The van der Waals surface area contributed by atoms with E-state index in [4.69, 9.17) is 9.40 Å². The van der Waals surface area contributed by atoms with Crippen molar-refractivity contribution in [2.45, 2.75) is 39.9 Å². The molecule has 0 aliphatic heterocycles. The van der Waals surface area contributed by atoms with E-state index >= 15 is 0 Å². The number of rotatable bonds is 9. The van der Waals surface area contributed by atoms with Gasteiger partial charge in [0.1, 0.15) is 5.76 Å². The molecule has 0 aromatic carbocycles. The quantitative estimate of drug-likeness (QED) is 0.719. The Bertz CT molecular complexity index is 511. The van der Waals surface area contributed by atoms with E-state index in [0.29, 0.717) is 0 Å². The first kappa shape index (κ1) is 15.7. The van der Waals surface area contributed by atoms with E-state index in [-0.39, 0.29) is 0 Å². The van der Waals surface area contributed by atoms with Crippen LogP contribution in [0.4, 0.5) is 0 Å². The largest absolute Gasteiger partial charge is 0.468 e. The van der Waals surface area contributed by atoms with Gasteiger partial charge in [-0.3, -0.25) is 9.88 Å². The van der Waals surface area contributed by atoms with Gasteiger partial charge in [-0.05, 0) is 43.8 Å². The average molecular weight is 287 g/mol. The third-order valence-electron chi connectivity index (χ3n) is 3.39. The van der Waals surface area contributed by atoms with Crippen molar-refractivity contribution in [2.75, 3.05) is 13.1 Å². The summed E-state index contributed by atoms with van der Waals surface area (Å²) in [6, 6.07) is 10.2. The molecule has 0 fully saturated rings. The molecule has 0 aliphatic carbocycles. The molecule has 2 aromatic heterocycles. The van der Waals surface area contributed by atoms with Crippen LogP contribution in [0, 0.1) is 0 Å². The van der Waals surface area contributed by atoms with Crippen LogP contribution in [0.25, 0.3) is 0 Å². The third kappa shape index (κ3) is 5.33. The highest BCUT2D eigenvalue weighted by Gasteiger charge is 2.08. The van der Waals surface area contributed by atoms with Gasteiger partial charge >= 0.3 is 0 Å². The maximum atomic E-state index is 5.42. The normalized spacial score (nSPS) is 11.2. The molecule has 21 heavy (non-hydrogen) atoms. The molecule has 4 heteroatoms. The van der Waals surface area contributed by atoms with Crippen molar-refractivity contribution in [2.24, 2.45) is 0 Å². The number of nitrogens with zero attached hydrogens (tertiary/aromatic N) is 2. The molecular formula is C17H25N3O. The van der Waals surface area contributed by atoms with Crippen LogP contribution in [0.5, 0.6) is 0 Å². The lowest BCUT2D eigenvalue weighted by Gasteiger charge is -2.19. The second-order valence-corrected chi connectivity index (χ2v) is 5.18. The lowest BCUT2D eigenvalue weighted by atomic mass is 10.2. The molecule has 0 radical (unpaired) electrons. The monoisotopic (exact) mass is 287 g/mol. The van der Waals surface area contributed by atoms with Gasteiger partial charge in [0.2, 0.25) is 0 Å². The van der Waals surface area contributed by atoms with Gasteiger partial charge in [0.05, 0.1) is 24.2 Å². The summed E-state index contributed by atoms with van der Waals surface area (Å²) in [6.07, 6.45) is 2.87. The molecule has 114 valence electrons. The summed E-state index contributed by atoms with van der Waals surface area (Å²) in [6.45, 7) is 8.85. The van der Waals surface area contributed by atoms with Gasteiger partial charge in [-0.15, -0.1) is 0 Å². The number of nitrogens with one attached hydrogen (secondary N) is 1. The molecule has 0 saturated heterocycles. The van der Waals surface area contributed by atoms with Gasteiger partial charge in [-0.1, -0.05) is 19.9 Å². The molecule has 0 unspecified atom stereocenters. The number of furan rings is 1. The summed E-state index contributed by atoms with van der Waals surface area (Å²) >= 11 is 0. The first-order valence-electron chi connectivity index (χ1n) is 7.72. The summed E-state index contributed by atoms with van der Waals surface area (Å²) in [4.78, 5) is 7.05. The number of hydrogen-bond donors (Lipinski definition) is 1. The zero-order valence-corrected chi connectivity index (χ0v) is 13.0. The van der Waals surface area contributed by atoms with Crippen LogP contribution in [0.1, 0.15) is 37.4 Å². The van der Waals surface area contributed by atoms with Crippen LogP contribution in [0.2, 0.25) is 0 Å². The van der Waals surface area contributed by atoms with E-state index in [9.17, 15) is 0 Å². The molecule has 2 rings (SSSR count). The van der Waals surface area contributed by atoms with E-state index in [0.717, 1.165) is 56.3 Å². The Morgan fingerprint density at radius 1 is 1.10 bits per heavy atom. The van der Waals surface area contributed by atoms with Crippen molar-refractivity contribution >= 4 is 0 Å². The summed E-state index contributed by atoms with van der Waals surface area (Å²) in [5.74, 6) is 0.998. The highest BCUT2D eigenvalue weighted by molar-refractivity contribution is 5.11. The van der Waals surface area contributed by atoms with E-state index < -0.39 is 0 Å². The summed E-state index contributed by atoms with van der Waals surface area (Å²) in [5.41, 5.74) is 2.22. The fourth-order valence-corrected chi connectivity index (χ4v) is 2.24. The van der Waals surface area contributed by atoms with E-state index in [1.54, 1.807) is 6.26 Å². The summed E-state index contributed by atoms with van der Waals surface area (Å²) in [5, 5.41) is 3.39. The van der Waals surface area contributed by atoms with Crippen LogP contribution in [-0.4, -0.2) is 23.0 Å². The highest BCUT2D eigenvalue weighted by Crippen LogP contribution is 2.09. The van der Waals surface area contributed by atoms with Gasteiger partial charge in [-0.2, -0.15) is 0 Å². The summed E-state index contributed by atoms with van der Waals surface area (Å²) < 4.78 is 5.42. The van der Waals surface area contributed by atoms with E-state index in [2.05, 4.69) is 42.3 Å². The number of aromatic nitrogens is 1. The van der Waals surface area contributed by atoms with Crippen molar-refractivity contribution < 1.29 is 4.42 Å². The predicted molar refractivity (Wildman–Crippen MR) is 84.7 cm³/mol. The smallest absolute Gasteiger partial charge is 0.117 e.